The first-order valence-corrected chi connectivity index (χ1v) is 9.97. The normalized spacial score (nSPS) is 11.5. The molecule has 11 heteroatoms. The molecule has 1 amide bonds. The summed E-state index contributed by atoms with van der Waals surface area (Å²) in [6.45, 7) is 0.175. The SMILES string of the molecule is O=C(Nc1ccnn1Cc1ccc(Cl)cc1Cl)c1cnn(-c2ccccc2)c1C(F)(F)F. The second-order valence-electron chi connectivity index (χ2n) is 6.72. The molecule has 0 bridgehead atoms. The zero-order valence-electron chi connectivity index (χ0n) is 16.1. The van der Waals surface area contributed by atoms with E-state index in [1.54, 1.807) is 36.4 Å². The van der Waals surface area contributed by atoms with Crippen molar-refractivity contribution in [2.45, 2.75) is 12.7 Å². The van der Waals surface area contributed by atoms with Gasteiger partial charge in [-0.05, 0) is 29.8 Å². The van der Waals surface area contributed by atoms with Crippen LogP contribution in [0.1, 0.15) is 21.6 Å². The summed E-state index contributed by atoms with van der Waals surface area (Å²) in [5.74, 6) is -0.773. The van der Waals surface area contributed by atoms with Gasteiger partial charge >= 0.3 is 6.18 Å². The van der Waals surface area contributed by atoms with Crippen LogP contribution in [0, 0.1) is 0 Å². The van der Waals surface area contributed by atoms with Crippen LogP contribution >= 0.6 is 23.2 Å². The number of nitrogens with zero attached hydrogens (tertiary/aromatic N) is 4. The molecule has 164 valence electrons. The fourth-order valence-electron chi connectivity index (χ4n) is 3.11. The summed E-state index contributed by atoms with van der Waals surface area (Å²) in [4.78, 5) is 12.8. The molecule has 0 atom stereocenters. The van der Waals surface area contributed by atoms with Crippen molar-refractivity contribution >= 4 is 34.9 Å². The van der Waals surface area contributed by atoms with Crippen molar-refractivity contribution in [3.63, 3.8) is 0 Å². The zero-order chi connectivity index (χ0) is 22.9. The lowest BCUT2D eigenvalue weighted by atomic mass is 10.2. The van der Waals surface area contributed by atoms with E-state index in [0.29, 0.717) is 20.3 Å². The van der Waals surface area contributed by atoms with E-state index in [-0.39, 0.29) is 18.1 Å². The predicted molar refractivity (Wildman–Crippen MR) is 114 cm³/mol. The summed E-state index contributed by atoms with van der Waals surface area (Å²) in [7, 11) is 0. The molecule has 0 aliphatic heterocycles. The van der Waals surface area contributed by atoms with E-state index in [1.165, 1.54) is 29.1 Å². The second-order valence-corrected chi connectivity index (χ2v) is 7.56. The molecule has 0 saturated heterocycles. The topological polar surface area (TPSA) is 64.7 Å². The van der Waals surface area contributed by atoms with Crippen LogP contribution in [0.15, 0.2) is 67.0 Å². The molecule has 1 N–H and O–H groups in total. The van der Waals surface area contributed by atoms with Gasteiger partial charge in [-0.1, -0.05) is 47.5 Å². The number of hydrogen-bond acceptors (Lipinski definition) is 3. The minimum absolute atomic E-state index is 0.175. The molecule has 0 radical (unpaired) electrons. The number of carbonyl (C=O) groups excluding carboxylic acids is 1. The third kappa shape index (κ3) is 4.49. The number of amides is 1. The highest BCUT2D eigenvalue weighted by Crippen LogP contribution is 2.34. The fourth-order valence-corrected chi connectivity index (χ4v) is 3.58. The van der Waals surface area contributed by atoms with Crippen molar-refractivity contribution in [3.05, 3.63) is 93.9 Å². The van der Waals surface area contributed by atoms with Crippen LogP contribution in [0.5, 0.6) is 0 Å². The summed E-state index contributed by atoms with van der Waals surface area (Å²) in [5.41, 5.74) is -0.934. The van der Waals surface area contributed by atoms with Gasteiger partial charge in [0.1, 0.15) is 5.82 Å². The molecule has 4 aromatic rings. The molecule has 0 aliphatic carbocycles. The summed E-state index contributed by atoms with van der Waals surface area (Å²) >= 11 is 12.1. The lowest BCUT2D eigenvalue weighted by Crippen LogP contribution is -2.22. The van der Waals surface area contributed by atoms with Crippen molar-refractivity contribution in [1.82, 2.24) is 19.6 Å². The first-order valence-electron chi connectivity index (χ1n) is 9.22. The molecule has 0 fully saturated rings. The van der Waals surface area contributed by atoms with Crippen LogP contribution in [0.3, 0.4) is 0 Å². The molecule has 0 unspecified atom stereocenters. The number of hydrogen-bond donors (Lipinski definition) is 1. The Labute approximate surface area is 190 Å². The van der Waals surface area contributed by atoms with Crippen LogP contribution in [0.2, 0.25) is 10.0 Å². The number of carbonyl (C=O) groups is 1. The fraction of sp³-hybridized carbons (Fsp3) is 0.0952. The molecule has 0 saturated carbocycles. The van der Waals surface area contributed by atoms with Gasteiger partial charge in [0.15, 0.2) is 5.69 Å². The largest absolute Gasteiger partial charge is 0.434 e. The molecule has 2 heterocycles. The average molecular weight is 480 g/mol. The van der Waals surface area contributed by atoms with Gasteiger partial charge in [-0.15, -0.1) is 0 Å². The number of anilines is 1. The maximum Gasteiger partial charge on any atom is 0.434 e. The Kier molecular flexibility index (Phi) is 5.94. The molecular formula is C21H14Cl2F3N5O. The number of para-hydroxylation sites is 1. The number of rotatable bonds is 5. The molecule has 0 aliphatic rings. The predicted octanol–water partition coefficient (Wildman–Crippen LogP) is 5.70. The first-order chi connectivity index (χ1) is 15.2. The Balaban J connectivity index is 1.63. The van der Waals surface area contributed by atoms with Crippen LogP contribution < -0.4 is 5.32 Å². The van der Waals surface area contributed by atoms with E-state index in [0.717, 1.165) is 6.20 Å². The average Bonchev–Trinajstić information content (AvgIpc) is 3.38. The molecule has 2 aromatic heterocycles. The summed E-state index contributed by atoms with van der Waals surface area (Å²) in [6.07, 6.45) is -2.50. The minimum atomic E-state index is -4.81. The molecular weight excluding hydrogens is 466 g/mol. The first kappa shape index (κ1) is 21.9. The highest BCUT2D eigenvalue weighted by atomic mass is 35.5. The highest BCUT2D eigenvalue weighted by Gasteiger charge is 2.40. The number of halogens is 5. The number of alkyl halides is 3. The Bertz CT molecular complexity index is 1270. The Morgan fingerprint density at radius 1 is 1.03 bits per heavy atom. The van der Waals surface area contributed by atoms with Crippen LogP contribution in [-0.2, 0) is 12.7 Å². The van der Waals surface area contributed by atoms with Crippen LogP contribution in [0.25, 0.3) is 5.69 Å². The van der Waals surface area contributed by atoms with Gasteiger partial charge in [-0.25, -0.2) is 9.36 Å². The summed E-state index contributed by atoms with van der Waals surface area (Å²) < 4.78 is 43.6. The Morgan fingerprint density at radius 2 is 1.78 bits per heavy atom. The van der Waals surface area contributed by atoms with Crippen molar-refractivity contribution in [2.75, 3.05) is 5.32 Å². The quantitative estimate of drug-likeness (QED) is 0.399. The van der Waals surface area contributed by atoms with E-state index in [2.05, 4.69) is 15.5 Å². The number of nitrogens with one attached hydrogen (secondary N) is 1. The van der Waals surface area contributed by atoms with E-state index in [9.17, 15) is 18.0 Å². The number of benzene rings is 2. The Hall–Kier alpha value is -3.30. The highest BCUT2D eigenvalue weighted by molar-refractivity contribution is 6.35. The minimum Gasteiger partial charge on any atom is -0.307 e. The van der Waals surface area contributed by atoms with Gasteiger partial charge in [0.25, 0.3) is 5.91 Å². The monoisotopic (exact) mass is 479 g/mol. The van der Waals surface area contributed by atoms with Gasteiger partial charge in [0.05, 0.1) is 30.2 Å². The molecule has 0 spiro atoms. The molecule has 6 nitrogen and oxygen atoms in total. The molecule has 4 rings (SSSR count). The summed E-state index contributed by atoms with van der Waals surface area (Å²) in [5, 5.41) is 11.2. The van der Waals surface area contributed by atoms with Gasteiger partial charge in [0, 0.05) is 16.1 Å². The van der Waals surface area contributed by atoms with E-state index < -0.39 is 23.3 Å². The third-order valence-corrected chi connectivity index (χ3v) is 5.16. The molecule has 32 heavy (non-hydrogen) atoms. The van der Waals surface area contributed by atoms with Gasteiger partial charge < -0.3 is 5.32 Å². The lowest BCUT2D eigenvalue weighted by Gasteiger charge is -2.13. The Morgan fingerprint density at radius 3 is 2.47 bits per heavy atom. The van der Waals surface area contributed by atoms with Crippen molar-refractivity contribution < 1.29 is 18.0 Å². The number of aromatic nitrogens is 4. The van der Waals surface area contributed by atoms with E-state index >= 15 is 0 Å². The standard InChI is InChI=1S/C21H14Cl2F3N5O/c22-14-7-6-13(17(23)10-14)12-30-18(8-9-27-30)29-20(32)16-11-28-31(19(16)21(24,25)26)15-4-2-1-3-5-15/h1-11H,12H2,(H,29,32). The van der Waals surface area contributed by atoms with Gasteiger partial charge in [-0.3, -0.25) is 4.79 Å². The van der Waals surface area contributed by atoms with Crippen LogP contribution in [-0.4, -0.2) is 25.5 Å². The van der Waals surface area contributed by atoms with Crippen LogP contribution in [0.4, 0.5) is 19.0 Å². The van der Waals surface area contributed by atoms with Gasteiger partial charge in [-0.2, -0.15) is 23.4 Å². The maximum absolute atomic E-state index is 13.8. The summed E-state index contributed by atoms with van der Waals surface area (Å²) in [6, 6.07) is 14.1. The maximum atomic E-state index is 13.8. The van der Waals surface area contributed by atoms with E-state index in [4.69, 9.17) is 23.2 Å². The van der Waals surface area contributed by atoms with Gasteiger partial charge in [0.2, 0.25) is 0 Å². The third-order valence-electron chi connectivity index (χ3n) is 4.58. The zero-order valence-corrected chi connectivity index (χ0v) is 17.7. The van der Waals surface area contributed by atoms with Crippen molar-refractivity contribution in [3.8, 4) is 5.69 Å². The lowest BCUT2D eigenvalue weighted by molar-refractivity contribution is -0.143. The smallest absolute Gasteiger partial charge is 0.307 e. The van der Waals surface area contributed by atoms with E-state index in [1.807, 2.05) is 0 Å². The second kappa shape index (κ2) is 8.68. The van der Waals surface area contributed by atoms with Crippen molar-refractivity contribution in [1.29, 1.82) is 0 Å². The molecule has 2 aromatic carbocycles. The van der Waals surface area contributed by atoms with Crippen molar-refractivity contribution in [2.24, 2.45) is 0 Å².